The Kier molecular flexibility index (Phi) is 10.7. The Morgan fingerprint density at radius 2 is 1.62 bits per heavy atom. The van der Waals surface area contributed by atoms with E-state index in [4.69, 9.17) is 9.47 Å². The quantitative estimate of drug-likeness (QED) is 0.229. The molecule has 3 N–H and O–H groups in total. The molecule has 3 aromatic rings. The van der Waals surface area contributed by atoms with Crippen LogP contribution in [0.4, 0.5) is 14.5 Å². The third-order valence-corrected chi connectivity index (χ3v) is 5.52. The Hall–Kier alpha value is -4.80. The number of para-hydroxylation sites is 1. The van der Waals surface area contributed by atoms with Gasteiger partial charge in [0.15, 0.2) is 18.1 Å². The lowest BCUT2D eigenvalue weighted by Gasteiger charge is -2.20. The summed E-state index contributed by atoms with van der Waals surface area (Å²) in [4.78, 5) is 37.4. The molecule has 0 aliphatic carbocycles. The van der Waals surface area contributed by atoms with Gasteiger partial charge in [-0.3, -0.25) is 14.4 Å². The molecule has 3 amide bonds. The lowest BCUT2D eigenvalue weighted by molar-refractivity contribution is -0.124. The van der Waals surface area contributed by atoms with E-state index < -0.39 is 35.4 Å². The van der Waals surface area contributed by atoms with Crippen LogP contribution in [0.25, 0.3) is 0 Å². The van der Waals surface area contributed by atoms with Crippen LogP contribution in [0.1, 0.15) is 36.7 Å². The first-order chi connectivity index (χ1) is 19.2. The van der Waals surface area contributed by atoms with Crippen molar-refractivity contribution in [3.8, 4) is 11.5 Å². The summed E-state index contributed by atoms with van der Waals surface area (Å²) in [5, 5.41) is 8.94. The molecule has 0 aliphatic heterocycles. The molecular formula is C29H30F2N4O5. The maximum absolute atomic E-state index is 14.0. The SMILES string of the molecule is CCOc1cc(C=NNC(=O)C(NC(=O)c2ccccc2F)C(C)C)ccc1OCC(=O)Nc1ccccc1F. The number of benzene rings is 3. The molecule has 1 atom stereocenters. The van der Waals surface area contributed by atoms with Crippen LogP contribution >= 0.6 is 0 Å². The van der Waals surface area contributed by atoms with E-state index in [1.54, 1.807) is 45.0 Å². The smallest absolute Gasteiger partial charge is 0.262 e. The molecule has 1 unspecified atom stereocenters. The second-order valence-electron chi connectivity index (χ2n) is 8.87. The summed E-state index contributed by atoms with van der Waals surface area (Å²) >= 11 is 0. The van der Waals surface area contributed by atoms with E-state index in [9.17, 15) is 23.2 Å². The molecule has 0 saturated carbocycles. The number of hydrazone groups is 1. The summed E-state index contributed by atoms with van der Waals surface area (Å²) in [6.07, 6.45) is 1.37. The number of nitrogens with zero attached hydrogens (tertiary/aromatic N) is 1. The van der Waals surface area contributed by atoms with E-state index in [0.29, 0.717) is 17.9 Å². The molecule has 0 heterocycles. The number of rotatable bonds is 12. The maximum atomic E-state index is 14.0. The van der Waals surface area contributed by atoms with Crippen LogP contribution < -0.4 is 25.5 Å². The van der Waals surface area contributed by atoms with Crippen LogP contribution in [0.2, 0.25) is 0 Å². The van der Waals surface area contributed by atoms with Crippen molar-refractivity contribution in [2.24, 2.45) is 11.0 Å². The Morgan fingerprint density at radius 1 is 0.925 bits per heavy atom. The monoisotopic (exact) mass is 552 g/mol. The minimum absolute atomic E-state index is 0.0428. The first-order valence-corrected chi connectivity index (χ1v) is 12.5. The average Bonchev–Trinajstić information content (AvgIpc) is 2.92. The molecule has 3 aromatic carbocycles. The molecule has 3 rings (SSSR count). The van der Waals surface area contributed by atoms with Gasteiger partial charge in [0.25, 0.3) is 17.7 Å². The fourth-order valence-corrected chi connectivity index (χ4v) is 3.52. The lowest BCUT2D eigenvalue weighted by Crippen LogP contribution is -2.48. The summed E-state index contributed by atoms with van der Waals surface area (Å²) in [6.45, 7) is 5.18. The van der Waals surface area contributed by atoms with E-state index in [1.807, 2.05) is 0 Å². The standard InChI is InChI=1S/C29H30F2N4O5/c1-4-39-25-15-19(13-14-24(25)40-17-26(36)33-23-12-8-7-11-22(23)31)16-32-35-29(38)27(18(2)3)34-28(37)20-9-5-6-10-21(20)30/h5-16,18,27H,4,17H2,1-3H3,(H,33,36)(H,34,37)(H,35,38). The number of anilines is 1. The van der Waals surface area contributed by atoms with Gasteiger partial charge in [0.05, 0.1) is 24.1 Å². The predicted molar refractivity (Wildman–Crippen MR) is 146 cm³/mol. The molecule has 0 aromatic heterocycles. The molecule has 0 aliphatic rings. The Morgan fingerprint density at radius 3 is 2.30 bits per heavy atom. The number of hydrogen-bond acceptors (Lipinski definition) is 6. The second kappa shape index (κ2) is 14.4. The summed E-state index contributed by atoms with van der Waals surface area (Å²) in [7, 11) is 0. The highest BCUT2D eigenvalue weighted by Gasteiger charge is 2.25. The highest BCUT2D eigenvalue weighted by Crippen LogP contribution is 2.28. The molecule has 9 nitrogen and oxygen atoms in total. The number of carbonyl (C=O) groups is 3. The van der Waals surface area contributed by atoms with Gasteiger partial charge in [-0.15, -0.1) is 0 Å². The predicted octanol–water partition coefficient (Wildman–Crippen LogP) is 4.29. The highest BCUT2D eigenvalue weighted by molar-refractivity contribution is 5.98. The third-order valence-electron chi connectivity index (χ3n) is 5.52. The molecule has 210 valence electrons. The fourth-order valence-electron chi connectivity index (χ4n) is 3.52. The number of nitrogens with one attached hydrogen (secondary N) is 3. The van der Waals surface area contributed by atoms with Crippen molar-refractivity contribution < 1.29 is 32.6 Å². The van der Waals surface area contributed by atoms with Gasteiger partial charge < -0.3 is 20.1 Å². The van der Waals surface area contributed by atoms with Gasteiger partial charge in [0.1, 0.15) is 17.7 Å². The Labute approximate surface area is 230 Å². The molecule has 40 heavy (non-hydrogen) atoms. The van der Waals surface area contributed by atoms with Gasteiger partial charge in [0.2, 0.25) is 0 Å². The van der Waals surface area contributed by atoms with Crippen LogP contribution in [0, 0.1) is 17.6 Å². The summed E-state index contributed by atoms with van der Waals surface area (Å²) in [6, 6.07) is 15.1. The van der Waals surface area contributed by atoms with Gasteiger partial charge in [-0.1, -0.05) is 38.1 Å². The van der Waals surface area contributed by atoms with E-state index in [-0.39, 0.29) is 29.5 Å². The van der Waals surface area contributed by atoms with Crippen LogP contribution in [-0.4, -0.2) is 43.2 Å². The number of halogens is 2. The highest BCUT2D eigenvalue weighted by atomic mass is 19.1. The van der Waals surface area contributed by atoms with Gasteiger partial charge in [-0.05, 0) is 60.9 Å². The largest absolute Gasteiger partial charge is 0.490 e. The minimum Gasteiger partial charge on any atom is -0.490 e. The fraction of sp³-hybridized carbons (Fsp3) is 0.241. The minimum atomic E-state index is -0.963. The van der Waals surface area contributed by atoms with Crippen LogP contribution in [-0.2, 0) is 9.59 Å². The molecule has 0 bridgehead atoms. The van der Waals surface area contributed by atoms with Gasteiger partial charge in [0, 0.05) is 0 Å². The van der Waals surface area contributed by atoms with Crippen molar-refractivity contribution in [2.75, 3.05) is 18.5 Å². The van der Waals surface area contributed by atoms with E-state index in [1.165, 1.54) is 42.6 Å². The zero-order chi connectivity index (χ0) is 29.1. The van der Waals surface area contributed by atoms with Crippen LogP contribution in [0.5, 0.6) is 11.5 Å². The van der Waals surface area contributed by atoms with Crippen LogP contribution in [0.3, 0.4) is 0 Å². The van der Waals surface area contributed by atoms with E-state index in [0.717, 1.165) is 6.07 Å². The maximum Gasteiger partial charge on any atom is 0.262 e. The second-order valence-corrected chi connectivity index (χ2v) is 8.87. The number of amides is 3. The average molecular weight is 553 g/mol. The number of carbonyl (C=O) groups excluding carboxylic acids is 3. The molecule has 0 saturated heterocycles. The first kappa shape index (κ1) is 29.8. The normalized spacial score (nSPS) is 11.7. The topological polar surface area (TPSA) is 118 Å². The van der Waals surface area contributed by atoms with Crippen molar-refractivity contribution in [3.05, 3.63) is 89.5 Å². The Bertz CT molecular complexity index is 1380. The van der Waals surface area contributed by atoms with Gasteiger partial charge >= 0.3 is 0 Å². The van der Waals surface area contributed by atoms with E-state index in [2.05, 4.69) is 21.2 Å². The van der Waals surface area contributed by atoms with Crippen molar-refractivity contribution in [1.82, 2.24) is 10.7 Å². The van der Waals surface area contributed by atoms with Gasteiger partial charge in [-0.25, -0.2) is 14.2 Å². The zero-order valence-corrected chi connectivity index (χ0v) is 22.2. The third kappa shape index (κ3) is 8.35. The first-order valence-electron chi connectivity index (χ1n) is 12.5. The molecule has 11 heteroatoms. The molecule has 0 radical (unpaired) electrons. The van der Waals surface area contributed by atoms with Crippen molar-refractivity contribution in [3.63, 3.8) is 0 Å². The molecule has 0 spiro atoms. The number of hydrogen-bond donors (Lipinski definition) is 3. The lowest BCUT2D eigenvalue weighted by atomic mass is 10.0. The number of ether oxygens (including phenoxy) is 2. The van der Waals surface area contributed by atoms with Crippen molar-refractivity contribution in [1.29, 1.82) is 0 Å². The van der Waals surface area contributed by atoms with E-state index >= 15 is 0 Å². The summed E-state index contributed by atoms with van der Waals surface area (Å²) in [5.74, 6) is -2.79. The van der Waals surface area contributed by atoms with Crippen molar-refractivity contribution >= 4 is 29.6 Å². The van der Waals surface area contributed by atoms with Crippen molar-refractivity contribution in [2.45, 2.75) is 26.8 Å². The summed E-state index contributed by atoms with van der Waals surface area (Å²) < 4.78 is 38.9. The molecular weight excluding hydrogens is 522 g/mol. The van der Waals surface area contributed by atoms with Crippen LogP contribution in [0.15, 0.2) is 71.8 Å². The summed E-state index contributed by atoms with van der Waals surface area (Å²) in [5.41, 5.74) is 2.81. The zero-order valence-electron chi connectivity index (χ0n) is 22.2. The molecule has 0 fully saturated rings. The Balaban J connectivity index is 1.61. The van der Waals surface area contributed by atoms with Gasteiger partial charge in [-0.2, -0.15) is 5.10 Å².